The Bertz CT molecular complexity index is 134. The molecule has 0 saturated carbocycles. The van der Waals surface area contributed by atoms with Gasteiger partial charge in [-0.15, -0.1) is 0 Å². The van der Waals surface area contributed by atoms with E-state index in [9.17, 15) is 4.79 Å². The molecule has 0 aromatic heterocycles. The number of rotatable bonds is 7. The van der Waals surface area contributed by atoms with E-state index in [0.717, 1.165) is 12.7 Å². The molecular formula is C6H15BN2O3. The van der Waals surface area contributed by atoms with E-state index in [4.69, 9.17) is 21.2 Å². The van der Waals surface area contributed by atoms with Crippen LogP contribution in [0.2, 0.25) is 6.32 Å². The van der Waals surface area contributed by atoms with E-state index in [1.165, 1.54) is 0 Å². The molecule has 0 radical (unpaired) electrons. The lowest BCUT2D eigenvalue weighted by atomic mass is 9.91. The molecule has 5 N–H and O–H groups in total. The van der Waals surface area contributed by atoms with E-state index < -0.39 is 12.0 Å². The summed E-state index contributed by atoms with van der Waals surface area (Å²) in [7, 11) is 0.572. The van der Waals surface area contributed by atoms with Crippen molar-refractivity contribution in [3.8, 4) is 0 Å². The van der Waals surface area contributed by atoms with Crippen molar-refractivity contribution in [3.05, 3.63) is 0 Å². The molecule has 0 bridgehead atoms. The Balaban J connectivity index is 3.14. The molecule has 0 aliphatic carbocycles. The third-order valence-electron chi connectivity index (χ3n) is 1.49. The van der Waals surface area contributed by atoms with E-state index in [-0.39, 0.29) is 6.73 Å². The molecule has 70 valence electrons. The Kier molecular flexibility index (Phi) is 6.74. The first-order valence-corrected chi connectivity index (χ1v) is 3.94. The summed E-state index contributed by atoms with van der Waals surface area (Å²) in [4.78, 5) is 10.2. The van der Waals surface area contributed by atoms with Crippen LogP contribution in [0, 0.1) is 0 Å². The van der Waals surface area contributed by atoms with E-state index >= 15 is 0 Å². The van der Waals surface area contributed by atoms with Gasteiger partial charge >= 0.3 is 5.97 Å². The quantitative estimate of drug-likeness (QED) is 0.258. The first kappa shape index (κ1) is 11.4. The summed E-state index contributed by atoms with van der Waals surface area (Å²) in [5.41, 5.74) is 10.3. The molecular weight excluding hydrogens is 159 g/mol. The van der Waals surface area contributed by atoms with E-state index in [0.29, 0.717) is 13.9 Å². The van der Waals surface area contributed by atoms with Gasteiger partial charge in [0.15, 0.2) is 0 Å². The predicted octanol–water partition coefficient (Wildman–Crippen LogP) is -1.12. The standard InChI is InChI=1S/C6H15BN2O3/c8-4-12-7-3-1-2-5(9)6(10)11/h5,7H,1-4,8-9H2,(H,10,11)/t5-/m0/s1. The number of nitrogens with two attached hydrogens (primary N) is 2. The summed E-state index contributed by atoms with van der Waals surface area (Å²) in [5.74, 6) is -0.949. The molecule has 0 heterocycles. The second-order valence-corrected chi connectivity index (χ2v) is 2.52. The highest BCUT2D eigenvalue weighted by Crippen LogP contribution is 1.98. The van der Waals surface area contributed by atoms with Gasteiger partial charge < -0.3 is 21.2 Å². The van der Waals surface area contributed by atoms with E-state index in [2.05, 4.69) is 0 Å². The Morgan fingerprint density at radius 2 is 2.33 bits per heavy atom. The number of carbonyl (C=O) groups is 1. The Morgan fingerprint density at radius 1 is 1.67 bits per heavy atom. The Hall–Kier alpha value is -0.585. The smallest absolute Gasteiger partial charge is 0.320 e. The fraction of sp³-hybridized carbons (Fsp3) is 0.833. The van der Waals surface area contributed by atoms with Gasteiger partial charge in [0.05, 0.1) is 6.73 Å². The zero-order valence-corrected chi connectivity index (χ0v) is 7.03. The maximum atomic E-state index is 10.2. The Labute approximate surface area is 72.3 Å². The van der Waals surface area contributed by atoms with Gasteiger partial charge in [0.25, 0.3) is 7.48 Å². The third kappa shape index (κ3) is 6.15. The first-order chi connectivity index (χ1) is 5.68. The van der Waals surface area contributed by atoms with Gasteiger partial charge in [0.2, 0.25) is 0 Å². The zero-order valence-electron chi connectivity index (χ0n) is 7.03. The van der Waals surface area contributed by atoms with Gasteiger partial charge in [-0.05, 0) is 6.42 Å². The first-order valence-electron chi connectivity index (χ1n) is 3.94. The summed E-state index contributed by atoms with van der Waals surface area (Å²) in [6.45, 7) is 0.213. The maximum Gasteiger partial charge on any atom is 0.320 e. The van der Waals surface area contributed by atoms with Crippen LogP contribution < -0.4 is 11.5 Å². The highest BCUT2D eigenvalue weighted by atomic mass is 16.4. The van der Waals surface area contributed by atoms with Crippen LogP contribution in [0.3, 0.4) is 0 Å². The molecule has 0 aromatic carbocycles. The number of carboxylic acids is 1. The van der Waals surface area contributed by atoms with Crippen molar-refractivity contribution < 1.29 is 14.6 Å². The van der Waals surface area contributed by atoms with Crippen LogP contribution in [0.4, 0.5) is 0 Å². The average Bonchev–Trinajstić information content (AvgIpc) is 2.03. The van der Waals surface area contributed by atoms with Crippen LogP contribution in [0.5, 0.6) is 0 Å². The maximum absolute atomic E-state index is 10.2. The molecule has 1 atom stereocenters. The SMILES string of the molecule is NCOBCCC[C@H](N)C(=O)O. The second kappa shape index (κ2) is 7.09. The van der Waals surface area contributed by atoms with Crippen molar-refractivity contribution in [3.63, 3.8) is 0 Å². The van der Waals surface area contributed by atoms with Crippen molar-refractivity contribution in [2.75, 3.05) is 6.73 Å². The Morgan fingerprint density at radius 3 is 2.83 bits per heavy atom. The summed E-state index contributed by atoms with van der Waals surface area (Å²) < 4.78 is 4.87. The molecule has 0 amide bonds. The van der Waals surface area contributed by atoms with Crippen LogP contribution in [0.1, 0.15) is 12.8 Å². The van der Waals surface area contributed by atoms with Gasteiger partial charge in [-0.25, -0.2) is 0 Å². The van der Waals surface area contributed by atoms with Crippen LogP contribution in [-0.2, 0) is 9.45 Å². The fourth-order valence-electron chi connectivity index (χ4n) is 0.775. The molecule has 0 aliphatic rings. The number of hydrogen-bond donors (Lipinski definition) is 3. The largest absolute Gasteiger partial charge is 0.480 e. The minimum Gasteiger partial charge on any atom is -0.480 e. The van der Waals surface area contributed by atoms with Gasteiger partial charge in [-0.2, -0.15) is 0 Å². The van der Waals surface area contributed by atoms with Crippen LogP contribution in [-0.4, -0.2) is 31.3 Å². The minimum atomic E-state index is -0.949. The predicted molar refractivity (Wildman–Crippen MR) is 46.9 cm³/mol. The van der Waals surface area contributed by atoms with Crippen LogP contribution in [0.25, 0.3) is 0 Å². The minimum absolute atomic E-state index is 0.213. The lowest BCUT2D eigenvalue weighted by molar-refractivity contribution is -0.138. The second-order valence-electron chi connectivity index (χ2n) is 2.52. The van der Waals surface area contributed by atoms with Crippen molar-refractivity contribution in [2.45, 2.75) is 25.2 Å². The molecule has 0 rings (SSSR count). The van der Waals surface area contributed by atoms with Crippen molar-refractivity contribution in [2.24, 2.45) is 11.5 Å². The molecule has 12 heavy (non-hydrogen) atoms. The average molecular weight is 174 g/mol. The van der Waals surface area contributed by atoms with Crippen molar-refractivity contribution in [1.82, 2.24) is 0 Å². The molecule has 0 unspecified atom stereocenters. The highest BCUT2D eigenvalue weighted by Gasteiger charge is 2.09. The fourth-order valence-corrected chi connectivity index (χ4v) is 0.775. The molecule has 0 saturated heterocycles. The van der Waals surface area contributed by atoms with Gasteiger partial charge in [0, 0.05) is 0 Å². The normalized spacial score (nSPS) is 12.5. The topological polar surface area (TPSA) is 98.6 Å². The summed E-state index contributed by atoms with van der Waals surface area (Å²) >= 11 is 0. The molecule has 0 aliphatic heterocycles. The lowest BCUT2D eigenvalue weighted by Gasteiger charge is -2.04. The van der Waals surface area contributed by atoms with E-state index in [1.807, 2.05) is 0 Å². The van der Waals surface area contributed by atoms with Gasteiger partial charge in [-0.1, -0.05) is 12.7 Å². The summed E-state index contributed by atoms with van der Waals surface area (Å²) in [6.07, 6.45) is 2.05. The van der Waals surface area contributed by atoms with Crippen molar-refractivity contribution in [1.29, 1.82) is 0 Å². The van der Waals surface area contributed by atoms with Gasteiger partial charge in [0.1, 0.15) is 6.04 Å². The molecule has 5 nitrogen and oxygen atoms in total. The van der Waals surface area contributed by atoms with Crippen molar-refractivity contribution >= 4 is 13.5 Å². The summed E-state index contributed by atoms with van der Waals surface area (Å²) in [5, 5.41) is 8.41. The van der Waals surface area contributed by atoms with Crippen LogP contribution in [0.15, 0.2) is 0 Å². The monoisotopic (exact) mass is 174 g/mol. The third-order valence-corrected chi connectivity index (χ3v) is 1.49. The zero-order chi connectivity index (χ0) is 9.40. The molecule has 0 aromatic rings. The molecule has 6 heteroatoms. The summed E-state index contributed by atoms with van der Waals surface area (Å²) in [6, 6.07) is -0.747. The molecule has 0 fully saturated rings. The number of aliphatic carboxylic acids is 1. The highest BCUT2D eigenvalue weighted by molar-refractivity contribution is 6.26. The van der Waals surface area contributed by atoms with Gasteiger partial charge in [-0.3, -0.25) is 4.79 Å². The van der Waals surface area contributed by atoms with E-state index in [1.54, 1.807) is 0 Å². The lowest BCUT2D eigenvalue weighted by Crippen LogP contribution is -2.29. The number of carboxylic acid groups (broad SMARTS) is 1. The van der Waals surface area contributed by atoms with Crippen LogP contribution >= 0.6 is 0 Å². The number of hydrogen-bond acceptors (Lipinski definition) is 4. The molecule has 0 spiro atoms.